The lowest BCUT2D eigenvalue weighted by Crippen LogP contribution is -2.41. The summed E-state index contributed by atoms with van der Waals surface area (Å²) in [6.45, 7) is 1.16. The van der Waals surface area contributed by atoms with Gasteiger partial charge >= 0.3 is 0 Å². The van der Waals surface area contributed by atoms with Crippen molar-refractivity contribution < 1.29 is 4.79 Å². The number of H-pyrrole nitrogens is 1. The Labute approximate surface area is 170 Å². The van der Waals surface area contributed by atoms with Gasteiger partial charge in [0.25, 0.3) is 11.5 Å². The van der Waals surface area contributed by atoms with E-state index in [1.165, 1.54) is 0 Å². The number of aromatic nitrogens is 4. The van der Waals surface area contributed by atoms with Crippen molar-refractivity contribution >= 4 is 39.4 Å². The number of fused-ring (bicyclic) bond motifs is 2. The highest BCUT2D eigenvalue weighted by Gasteiger charge is 2.26. The SMILES string of the molecule is O=C(c1cc2cc(Cl)ccc2[nH]1)N1CCC(n2cnc3ncccc3c2=O)CC1. The van der Waals surface area contributed by atoms with Crippen LogP contribution in [0.2, 0.25) is 5.02 Å². The third-order valence-corrected chi connectivity index (χ3v) is 5.75. The average Bonchev–Trinajstić information content (AvgIpc) is 3.17. The van der Waals surface area contributed by atoms with Crippen LogP contribution in [0.25, 0.3) is 21.9 Å². The van der Waals surface area contributed by atoms with Gasteiger partial charge in [-0.3, -0.25) is 14.2 Å². The molecule has 1 fully saturated rings. The molecule has 0 radical (unpaired) electrons. The molecule has 5 rings (SSSR count). The lowest BCUT2D eigenvalue weighted by atomic mass is 10.0. The Morgan fingerprint density at radius 1 is 1.14 bits per heavy atom. The first-order valence-electron chi connectivity index (χ1n) is 9.49. The number of hydrogen-bond donors (Lipinski definition) is 1. The van der Waals surface area contributed by atoms with Crippen LogP contribution >= 0.6 is 11.6 Å². The van der Waals surface area contributed by atoms with Crippen molar-refractivity contribution in [3.63, 3.8) is 0 Å². The summed E-state index contributed by atoms with van der Waals surface area (Å²) in [5, 5.41) is 2.07. The predicted molar refractivity (Wildman–Crippen MR) is 111 cm³/mol. The zero-order chi connectivity index (χ0) is 20.0. The van der Waals surface area contributed by atoms with E-state index >= 15 is 0 Å². The number of aromatic amines is 1. The Bertz CT molecular complexity index is 1290. The van der Waals surface area contributed by atoms with E-state index in [4.69, 9.17) is 11.6 Å². The Kier molecular flexibility index (Phi) is 4.32. The second-order valence-electron chi connectivity index (χ2n) is 7.27. The molecule has 1 amide bonds. The molecule has 3 aromatic heterocycles. The normalized spacial score (nSPS) is 15.3. The minimum absolute atomic E-state index is 0.0187. The molecule has 7 nitrogen and oxygen atoms in total. The minimum Gasteiger partial charge on any atom is -0.351 e. The second kappa shape index (κ2) is 7.00. The lowest BCUT2D eigenvalue weighted by Gasteiger charge is -2.32. The summed E-state index contributed by atoms with van der Waals surface area (Å²) in [6, 6.07) is 10.8. The summed E-state index contributed by atoms with van der Waals surface area (Å²) in [4.78, 5) is 39.1. The van der Waals surface area contributed by atoms with Gasteiger partial charge in [0.2, 0.25) is 0 Å². The minimum atomic E-state index is -0.0830. The number of amides is 1. The van der Waals surface area contributed by atoms with Crippen LogP contribution in [-0.4, -0.2) is 43.4 Å². The third-order valence-electron chi connectivity index (χ3n) is 5.51. The highest BCUT2D eigenvalue weighted by molar-refractivity contribution is 6.31. The molecule has 8 heteroatoms. The third kappa shape index (κ3) is 3.17. The molecule has 4 heterocycles. The Morgan fingerprint density at radius 2 is 1.97 bits per heavy atom. The van der Waals surface area contributed by atoms with Crippen molar-refractivity contribution in [1.29, 1.82) is 0 Å². The number of carbonyl (C=O) groups excluding carboxylic acids is 1. The van der Waals surface area contributed by atoms with Gasteiger partial charge in [-0.15, -0.1) is 0 Å². The largest absolute Gasteiger partial charge is 0.351 e. The number of pyridine rings is 1. The molecule has 0 bridgehead atoms. The van der Waals surface area contributed by atoms with Gasteiger partial charge < -0.3 is 9.88 Å². The van der Waals surface area contributed by atoms with Gasteiger partial charge in [-0.1, -0.05) is 11.6 Å². The summed E-state index contributed by atoms with van der Waals surface area (Å²) in [6.07, 6.45) is 4.60. The molecule has 1 aromatic carbocycles. The summed E-state index contributed by atoms with van der Waals surface area (Å²) in [5.74, 6) is -0.0380. The maximum absolute atomic E-state index is 12.9. The number of piperidine rings is 1. The molecule has 1 N–H and O–H groups in total. The van der Waals surface area contributed by atoms with Crippen LogP contribution in [0.3, 0.4) is 0 Å². The van der Waals surface area contributed by atoms with Crippen LogP contribution < -0.4 is 5.56 Å². The number of benzene rings is 1. The number of nitrogens with zero attached hydrogens (tertiary/aromatic N) is 4. The van der Waals surface area contributed by atoms with E-state index in [9.17, 15) is 9.59 Å². The van der Waals surface area contributed by atoms with Crippen LogP contribution in [0, 0.1) is 0 Å². The fourth-order valence-electron chi connectivity index (χ4n) is 3.97. The number of likely N-dealkylation sites (tertiary alicyclic amines) is 1. The Balaban J connectivity index is 1.34. The van der Waals surface area contributed by atoms with Gasteiger partial charge in [-0.25, -0.2) is 9.97 Å². The standard InChI is InChI=1S/C21H18ClN5O2/c22-14-3-4-17-13(10-14)11-18(25-17)21(29)26-8-5-15(6-9-26)27-12-24-19-16(20(27)28)2-1-7-23-19/h1-4,7,10-12,15,25H,5-6,8-9H2. The van der Waals surface area contributed by atoms with E-state index in [2.05, 4.69) is 15.0 Å². The van der Waals surface area contributed by atoms with Gasteiger partial charge in [0, 0.05) is 41.3 Å². The highest BCUT2D eigenvalue weighted by Crippen LogP contribution is 2.25. The predicted octanol–water partition coefficient (Wildman–Crippen LogP) is 3.40. The zero-order valence-corrected chi connectivity index (χ0v) is 16.3. The molecule has 0 aliphatic carbocycles. The van der Waals surface area contributed by atoms with Crippen molar-refractivity contribution in [2.45, 2.75) is 18.9 Å². The maximum Gasteiger partial charge on any atom is 0.270 e. The number of halogens is 1. The smallest absolute Gasteiger partial charge is 0.270 e. The van der Waals surface area contributed by atoms with E-state index in [0.717, 1.165) is 10.9 Å². The Hall–Kier alpha value is -3.19. The second-order valence-corrected chi connectivity index (χ2v) is 7.71. The van der Waals surface area contributed by atoms with Crippen molar-refractivity contribution in [2.24, 2.45) is 0 Å². The van der Waals surface area contributed by atoms with Gasteiger partial charge in [0.05, 0.1) is 5.39 Å². The number of nitrogens with one attached hydrogen (secondary N) is 1. The molecule has 146 valence electrons. The summed E-state index contributed by atoms with van der Waals surface area (Å²) in [7, 11) is 0. The van der Waals surface area contributed by atoms with E-state index < -0.39 is 0 Å². The van der Waals surface area contributed by atoms with Crippen LogP contribution in [-0.2, 0) is 0 Å². The number of rotatable bonds is 2. The van der Waals surface area contributed by atoms with Gasteiger partial charge in [0.1, 0.15) is 12.0 Å². The summed E-state index contributed by atoms with van der Waals surface area (Å²) < 4.78 is 1.68. The lowest BCUT2D eigenvalue weighted by molar-refractivity contribution is 0.0688. The van der Waals surface area contributed by atoms with Crippen molar-refractivity contribution in [3.05, 3.63) is 70.0 Å². The first-order valence-corrected chi connectivity index (χ1v) is 9.87. The first-order chi connectivity index (χ1) is 14.1. The molecule has 4 aromatic rings. The number of hydrogen-bond acceptors (Lipinski definition) is 4. The van der Waals surface area contributed by atoms with Crippen LogP contribution in [0.4, 0.5) is 0 Å². The topological polar surface area (TPSA) is 83.9 Å². The summed E-state index contributed by atoms with van der Waals surface area (Å²) in [5.41, 5.74) is 1.81. The molecule has 0 saturated carbocycles. The van der Waals surface area contributed by atoms with E-state index in [0.29, 0.717) is 47.7 Å². The molecule has 0 spiro atoms. The van der Waals surface area contributed by atoms with Gasteiger partial charge in [-0.05, 0) is 49.2 Å². The van der Waals surface area contributed by atoms with Gasteiger partial charge in [-0.2, -0.15) is 0 Å². The van der Waals surface area contributed by atoms with E-state index in [1.807, 2.05) is 23.1 Å². The molecule has 1 aliphatic rings. The average molecular weight is 408 g/mol. The van der Waals surface area contributed by atoms with Crippen molar-refractivity contribution in [2.75, 3.05) is 13.1 Å². The first kappa shape index (κ1) is 17.9. The fourth-order valence-corrected chi connectivity index (χ4v) is 4.15. The monoisotopic (exact) mass is 407 g/mol. The molecule has 0 atom stereocenters. The van der Waals surface area contributed by atoms with E-state index in [-0.39, 0.29) is 17.5 Å². The molecule has 1 aliphatic heterocycles. The fraction of sp³-hybridized carbons (Fsp3) is 0.238. The molecular weight excluding hydrogens is 390 g/mol. The van der Waals surface area contributed by atoms with Gasteiger partial charge in [0.15, 0.2) is 5.65 Å². The maximum atomic E-state index is 12.9. The summed E-state index contributed by atoms with van der Waals surface area (Å²) >= 11 is 6.03. The molecule has 0 unspecified atom stereocenters. The van der Waals surface area contributed by atoms with Crippen LogP contribution in [0.15, 0.2) is 53.7 Å². The van der Waals surface area contributed by atoms with E-state index in [1.54, 1.807) is 35.3 Å². The van der Waals surface area contributed by atoms with Crippen molar-refractivity contribution in [3.8, 4) is 0 Å². The van der Waals surface area contributed by atoms with Crippen LogP contribution in [0.1, 0.15) is 29.4 Å². The zero-order valence-electron chi connectivity index (χ0n) is 15.5. The quantitative estimate of drug-likeness (QED) is 0.552. The molecular formula is C21H18ClN5O2. The van der Waals surface area contributed by atoms with Crippen LogP contribution in [0.5, 0.6) is 0 Å². The van der Waals surface area contributed by atoms with Crippen molar-refractivity contribution in [1.82, 2.24) is 24.4 Å². The molecule has 29 heavy (non-hydrogen) atoms. The molecule has 1 saturated heterocycles. The Morgan fingerprint density at radius 3 is 2.79 bits per heavy atom. The highest BCUT2D eigenvalue weighted by atomic mass is 35.5. The number of carbonyl (C=O) groups is 1.